The molecule has 2 aromatic rings. The molecule has 1 aliphatic rings. The zero-order valence-electron chi connectivity index (χ0n) is 12.5. The molecule has 0 aliphatic heterocycles. The van der Waals surface area contributed by atoms with Crippen LogP contribution in [0.2, 0.25) is 5.02 Å². The highest BCUT2D eigenvalue weighted by Crippen LogP contribution is 2.32. The molecule has 1 aromatic heterocycles. The molecule has 0 spiro atoms. The average Bonchev–Trinajstić information content (AvgIpc) is 2.79. The fourth-order valence-corrected chi connectivity index (χ4v) is 4.09. The van der Waals surface area contributed by atoms with Gasteiger partial charge < -0.3 is 4.57 Å². The Bertz CT molecular complexity index is 621. The predicted molar refractivity (Wildman–Crippen MR) is 90.3 cm³/mol. The summed E-state index contributed by atoms with van der Waals surface area (Å²) in [6.45, 7) is 3.39. The predicted octanol–water partition coefficient (Wildman–Crippen LogP) is 5.30. The van der Waals surface area contributed by atoms with E-state index in [-0.39, 0.29) is 0 Å². The maximum Gasteiger partial charge on any atom is 0.111 e. The smallest absolute Gasteiger partial charge is 0.111 e. The number of para-hydroxylation sites is 1. The van der Waals surface area contributed by atoms with Gasteiger partial charge >= 0.3 is 0 Å². The van der Waals surface area contributed by atoms with Crippen molar-refractivity contribution in [2.75, 3.05) is 5.88 Å². The zero-order valence-corrected chi connectivity index (χ0v) is 14.0. The lowest BCUT2D eigenvalue weighted by atomic mass is 9.82. The molecule has 2 atom stereocenters. The number of aryl methyl sites for hydroxylation is 1. The third kappa shape index (κ3) is 3.22. The van der Waals surface area contributed by atoms with Gasteiger partial charge in [0.2, 0.25) is 0 Å². The van der Waals surface area contributed by atoms with E-state index in [0.29, 0.717) is 5.88 Å². The van der Waals surface area contributed by atoms with Crippen LogP contribution in [0.5, 0.6) is 0 Å². The summed E-state index contributed by atoms with van der Waals surface area (Å²) in [6, 6.07) is 5.96. The Kier molecular flexibility index (Phi) is 4.75. The van der Waals surface area contributed by atoms with Crippen molar-refractivity contribution in [2.45, 2.75) is 45.6 Å². The van der Waals surface area contributed by atoms with Gasteiger partial charge in [0.15, 0.2) is 0 Å². The summed E-state index contributed by atoms with van der Waals surface area (Å²) in [6.07, 6.45) is 6.14. The number of hydrogen-bond acceptors (Lipinski definition) is 1. The summed E-state index contributed by atoms with van der Waals surface area (Å²) in [5, 5.41) is 0.796. The Morgan fingerprint density at radius 3 is 2.95 bits per heavy atom. The molecule has 0 N–H and O–H groups in total. The lowest BCUT2D eigenvalue weighted by Crippen LogP contribution is -2.20. The van der Waals surface area contributed by atoms with Crippen molar-refractivity contribution < 1.29 is 0 Å². The van der Waals surface area contributed by atoms with Crippen molar-refractivity contribution in [1.82, 2.24) is 9.55 Å². The summed E-state index contributed by atoms with van der Waals surface area (Å²) in [5.41, 5.74) is 2.07. The van der Waals surface area contributed by atoms with Gasteiger partial charge in [-0.1, -0.05) is 37.4 Å². The molecule has 21 heavy (non-hydrogen) atoms. The van der Waals surface area contributed by atoms with E-state index in [1.54, 1.807) is 0 Å². The zero-order chi connectivity index (χ0) is 14.8. The molecule has 1 aromatic carbocycles. The maximum absolute atomic E-state index is 6.43. The Morgan fingerprint density at radius 2 is 2.19 bits per heavy atom. The second kappa shape index (κ2) is 6.58. The molecular formula is C17H22Cl2N2. The Balaban J connectivity index is 1.96. The first-order chi connectivity index (χ1) is 10.2. The monoisotopic (exact) mass is 324 g/mol. The molecule has 1 saturated carbocycles. The van der Waals surface area contributed by atoms with Gasteiger partial charge in [-0.05, 0) is 36.8 Å². The number of fused-ring (bicyclic) bond motifs is 1. The first-order valence-corrected chi connectivity index (χ1v) is 8.80. The van der Waals surface area contributed by atoms with Crippen LogP contribution in [0.25, 0.3) is 11.0 Å². The highest BCUT2D eigenvalue weighted by molar-refractivity contribution is 6.35. The molecule has 2 unspecified atom stereocenters. The van der Waals surface area contributed by atoms with Crippen LogP contribution in [0.4, 0.5) is 0 Å². The molecule has 0 bridgehead atoms. The van der Waals surface area contributed by atoms with Gasteiger partial charge in [0, 0.05) is 18.8 Å². The summed E-state index contributed by atoms with van der Waals surface area (Å²) in [5.74, 6) is 3.25. The van der Waals surface area contributed by atoms with Gasteiger partial charge in [0.1, 0.15) is 5.82 Å². The minimum absolute atomic E-state index is 0.599. The van der Waals surface area contributed by atoms with Crippen LogP contribution in [-0.4, -0.2) is 15.4 Å². The maximum atomic E-state index is 6.43. The standard InChI is InChI=1S/C17H22Cl2N2/c1-12-4-2-5-13(10-12)11-21-16(8-9-18)20-15-7-3-6-14(19)17(15)21/h3,6-7,12-13H,2,4-5,8-11H2,1H3. The van der Waals surface area contributed by atoms with Gasteiger partial charge in [-0.25, -0.2) is 4.98 Å². The van der Waals surface area contributed by atoms with Gasteiger partial charge in [0.25, 0.3) is 0 Å². The molecule has 0 radical (unpaired) electrons. The van der Waals surface area contributed by atoms with Gasteiger partial charge in [-0.2, -0.15) is 0 Å². The molecule has 3 rings (SSSR count). The lowest BCUT2D eigenvalue weighted by molar-refractivity contribution is 0.257. The average molecular weight is 325 g/mol. The van der Waals surface area contributed by atoms with Gasteiger partial charge in [0.05, 0.1) is 16.1 Å². The van der Waals surface area contributed by atoms with E-state index in [1.807, 2.05) is 18.2 Å². The number of aromatic nitrogens is 2. The highest BCUT2D eigenvalue weighted by atomic mass is 35.5. The summed E-state index contributed by atoms with van der Waals surface area (Å²) >= 11 is 12.4. The first kappa shape index (κ1) is 15.2. The Hall–Kier alpha value is -0.730. The van der Waals surface area contributed by atoms with Crippen molar-refractivity contribution in [2.24, 2.45) is 11.8 Å². The van der Waals surface area contributed by atoms with Crippen LogP contribution in [0.1, 0.15) is 38.4 Å². The van der Waals surface area contributed by atoms with E-state index >= 15 is 0 Å². The van der Waals surface area contributed by atoms with E-state index in [4.69, 9.17) is 28.2 Å². The van der Waals surface area contributed by atoms with Crippen molar-refractivity contribution in [1.29, 1.82) is 0 Å². The minimum Gasteiger partial charge on any atom is -0.326 e. The second-order valence-electron chi connectivity index (χ2n) is 6.32. The van der Waals surface area contributed by atoms with Crippen LogP contribution in [0.3, 0.4) is 0 Å². The van der Waals surface area contributed by atoms with Crippen molar-refractivity contribution in [3.05, 3.63) is 29.0 Å². The molecule has 2 nitrogen and oxygen atoms in total. The van der Waals surface area contributed by atoms with Crippen LogP contribution in [0.15, 0.2) is 18.2 Å². The van der Waals surface area contributed by atoms with Crippen molar-refractivity contribution in [3.8, 4) is 0 Å². The molecule has 1 aliphatic carbocycles. The first-order valence-electron chi connectivity index (χ1n) is 7.88. The van der Waals surface area contributed by atoms with Crippen LogP contribution in [0, 0.1) is 11.8 Å². The third-order valence-corrected chi connectivity index (χ3v) is 5.09. The van der Waals surface area contributed by atoms with E-state index in [0.717, 1.165) is 46.7 Å². The van der Waals surface area contributed by atoms with E-state index in [2.05, 4.69) is 11.5 Å². The molecule has 1 heterocycles. The number of alkyl halides is 1. The molecule has 114 valence electrons. The molecular weight excluding hydrogens is 303 g/mol. The topological polar surface area (TPSA) is 17.8 Å². The van der Waals surface area contributed by atoms with Crippen molar-refractivity contribution in [3.63, 3.8) is 0 Å². The Morgan fingerprint density at radius 1 is 1.33 bits per heavy atom. The van der Waals surface area contributed by atoms with Crippen molar-refractivity contribution >= 4 is 34.2 Å². The number of benzene rings is 1. The molecule has 1 fully saturated rings. The number of rotatable bonds is 4. The number of hydrogen-bond donors (Lipinski definition) is 0. The second-order valence-corrected chi connectivity index (χ2v) is 7.11. The van der Waals surface area contributed by atoms with Crippen LogP contribution in [-0.2, 0) is 13.0 Å². The summed E-state index contributed by atoms with van der Waals surface area (Å²) in [7, 11) is 0. The minimum atomic E-state index is 0.599. The summed E-state index contributed by atoms with van der Waals surface area (Å²) < 4.78 is 2.32. The van der Waals surface area contributed by atoms with E-state index in [9.17, 15) is 0 Å². The number of imidazole rings is 1. The van der Waals surface area contributed by atoms with E-state index < -0.39 is 0 Å². The lowest BCUT2D eigenvalue weighted by Gasteiger charge is -2.27. The number of nitrogens with zero attached hydrogens (tertiary/aromatic N) is 2. The number of halogens is 2. The van der Waals surface area contributed by atoms with Crippen LogP contribution >= 0.6 is 23.2 Å². The summed E-state index contributed by atoms with van der Waals surface area (Å²) in [4.78, 5) is 4.74. The molecule has 0 saturated heterocycles. The molecule has 4 heteroatoms. The Labute approximate surface area is 136 Å². The third-order valence-electron chi connectivity index (χ3n) is 4.60. The fraction of sp³-hybridized carbons (Fsp3) is 0.588. The quantitative estimate of drug-likeness (QED) is 0.698. The van der Waals surface area contributed by atoms with Crippen LogP contribution < -0.4 is 0 Å². The highest BCUT2D eigenvalue weighted by Gasteiger charge is 2.22. The van der Waals surface area contributed by atoms with E-state index in [1.165, 1.54) is 25.7 Å². The molecule has 0 amide bonds. The SMILES string of the molecule is CC1CCCC(Cn2c(CCCl)nc3cccc(Cl)c32)C1. The van der Waals surface area contributed by atoms with Gasteiger partial charge in [-0.15, -0.1) is 11.6 Å². The largest absolute Gasteiger partial charge is 0.326 e. The van der Waals surface area contributed by atoms with Gasteiger partial charge in [-0.3, -0.25) is 0 Å². The normalized spacial score (nSPS) is 22.8. The fourth-order valence-electron chi connectivity index (χ4n) is 3.65.